The Hall–Kier alpha value is -1.42. The Labute approximate surface area is 136 Å². The average Bonchev–Trinajstić information content (AvgIpc) is 2.86. The molecule has 0 saturated carbocycles. The number of hydrogen-bond donors (Lipinski definition) is 0. The fourth-order valence-electron chi connectivity index (χ4n) is 3.55. The highest BCUT2D eigenvalue weighted by molar-refractivity contribution is 7.91. The Morgan fingerprint density at radius 1 is 1.12 bits per heavy atom. The normalized spacial score (nSPS) is 23.9. The predicted molar refractivity (Wildman–Crippen MR) is 77.4 cm³/mol. The number of rotatable bonds is 2. The van der Waals surface area contributed by atoms with E-state index in [1.165, 1.54) is 0 Å². The van der Waals surface area contributed by atoms with Crippen LogP contribution in [0.2, 0.25) is 0 Å². The van der Waals surface area contributed by atoms with Gasteiger partial charge < -0.3 is 9.64 Å². The van der Waals surface area contributed by atoms with Crippen LogP contribution in [0.15, 0.2) is 0 Å². The lowest BCUT2D eigenvalue weighted by Crippen LogP contribution is -2.49. The van der Waals surface area contributed by atoms with Crippen LogP contribution >= 0.6 is 0 Å². The van der Waals surface area contributed by atoms with Gasteiger partial charge in [-0.1, -0.05) is 0 Å². The van der Waals surface area contributed by atoms with Crippen molar-refractivity contribution >= 4 is 15.5 Å². The highest BCUT2D eigenvalue weighted by Gasteiger charge is 2.51. The fraction of sp³-hybridized carbons (Fsp3) is 0.643. The molecule has 5 nitrogen and oxygen atoms in total. The number of halogens is 4. The molecule has 1 unspecified atom stereocenters. The number of aromatic nitrogens is 1. The van der Waals surface area contributed by atoms with Crippen LogP contribution in [0.3, 0.4) is 0 Å². The van der Waals surface area contributed by atoms with E-state index in [4.69, 9.17) is 4.74 Å². The van der Waals surface area contributed by atoms with E-state index < -0.39 is 49.8 Å². The van der Waals surface area contributed by atoms with Crippen molar-refractivity contribution in [2.45, 2.75) is 30.1 Å². The molecule has 1 spiro atoms. The largest absolute Gasteiger partial charge is 0.381 e. The molecule has 2 saturated heterocycles. The van der Waals surface area contributed by atoms with E-state index in [2.05, 4.69) is 4.98 Å². The Morgan fingerprint density at radius 3 is 2.17 bits per heavy atom. The van der Waals surface area contributed by atoms with Gasteiger partial charge in [0.2, 0.25) is 11.6 Å². The number of ether oxygens (including phenoxy) is 1. The zero-order valence-corrected chi connectivity index (χ0v) is 13.7. The van der Waals surface area contributed by atoms with Crippen molar-refractivity contribution in [1.29, 1.82) is 0 Å². The second kappa shape index (κ2) is 5.83. The van der Waals surface area contributed by atoms with Gasteiger partial charge in [0.05, 0.1) is 5.25 Å². The van der Waals surface area contributed by atoms with Crippen molar-refractivity contribution < 1.29 is 30.7 Å². The van der Waals surface area contributed by atoms with Crippen LogP contribution in [0.4, 0.5) is 23.2 Å². The lowest BCUT2D eigenvalue weighted by atomic mass is 9.87. The Morgan fingerprint density at radius 2 is 1.67 bits per heavy atom. The topological polar surface area (TPSA) is 59.5 Å². The van der Waals surface area contributed by atoms with E-state index in [-0.39, 0.29) is 26.2 Å². The van der Waals surface area contributed by atoms with E-state index in [0.29, 0.717) is 12.8 Å². The average molecular weight is 368 g/mol. The summed E-state index contributed by atoms with van der Waals surface area (Å²) in [5.74, 6) is -6.74. The van der Waals surface area contributed by atoms with Gasteiger partial charge in [0.1, 0.15) is 5.69 Å². The predicted octanol–water partition coefficient (Wildman–Crippen LogP) is 1.81. The molecule has 0 amide bonds. The second-order valence-corrected chi connectivity index (χ2v) is 8.60. The summed E-state index contributed by atoms with van der Waals surface area (Å²) in [6, 6.07) is 0. The quantitative estimate of drug-likeness (QED) is 0.589. The van der Waals surface area contributed by atoms with Gasteiger partial charge in [-0.05, 0) is 19.3 Å². The molecular weight excluding hydrogens is 352 g/mol. The molecule has 134 valence electrons. The molecule has 0 aliphatic carbocycles. The standard InChI is InChI=1S/C14H16F4N2O3S/c1-24(21,22)8-6-14(2-4-23-5-3-14)20(7-8)11-9(15)12(17)19-13(18)10(11)16/h8H,2-7H2,1H3. The minimum Gasteiger partial charge on any atom is -0.381 e. The summed E-state index contributed by atoms with van der Waals surface area (Å²) in [7, 11) is -3.50. The van der Waals surface area contributed by atoms with Crippen molar-refractivity contribution in [3.8, 4) is 0 Å². The van der Waals surface area contributed by atoms with Gasteiger partial charge in [0.15, 0.2) is 9.84 Å². The summed E-state index contributed by atoms with van der Waals surface area (Å²) in [6.45, 7) is 0.300. The third-order valence-corrected chi connectivity index (χ3v) is 6.37. The Balaban J connectivity index is 2.14. The van der Waals surface area contributed by atoms with Crippen molar-refractivity contribution in [2.75, 3.05) is 30.9 Å². The second-order valence-electron chi connectivity index (χ2n) is 6.27. The number of anilines is 1. The van der Waals surface area contributed by atoms with E-state index in [1.807, 2.05) is 0 Å². The fourth-order valence-corrected chi connectivity index (χ4v) is 4.58. The van der Waals surface area contributed by atoms with Gasteiger partial charge in [0, 0.05) is 31.6 Å². The van der Waals surface area contributed by atoms with Crippen molar-refractivity contribution in [1.82, 2.24) is 4.98 Å². The van der Waals surface area contributed by atoms with Gasteiger partial charge in [-0.2, -0.15) is 22.5 Å². The maximum absolute atomic E-state index is 14.2. The molecule has 2 aliphatic heterocycles. The molecule has 3 rings (SSSR count). The molecule has 0 bridgehead atoms. The minimum atomic E-state index is -3.50. The van der Waals surface area contributed by atoms with E-state index >= 15 is 0 Å². The monoisotopic (exact) mass is 368 g/mol. The lowest BCUT2D eigenvalue weighted by molar-refractivity contribution is 0.0542. The molecule has 1 aromatic heterocycles. The van der Waals surface area contributed by atoms with Crippen molar-refractivity contribution in [3.05, 3.63) is 23.5 Å². The van der Waals surface area contributed by atoms with Crippen molar-refractivity contribution in [3.63, 3.8) is 0 Å². The first kappa shape index (κ1) is 17.4. The molecule has 0 aromatic carbocycles. The summed E-state index contributed by atoms with van der Waals surface area (Å²) in [6.07, 6.45) is 1.78. The first-order valence-corrected chi connectivity index (χ1v) is 9.35. The van der Waals surface area contributed by atoms with Crippen LogP contribution in [0.5, 0.6) is 0 Å². The summed E-state index contributed by atoms with van der Waals surface area (Å²) in [5.41, 5.74) is -1.82. The van der Waals surface area contributed by atoms with Gasteiger partial charge in [-0.3, -0.25) is 0 Å². The van der Waals surface area contributed by atoms with Crippen LogP contribution in [0.1, 0.15) is 19.3 Å². The summed E-state index contributed by atoms with van der Waals surface area (Å²) >= 11 is 0. The summed E-state index contributed by atoms with van der Waals surface area (Å²) in [4.78, 5) is 3.71. The zero-order chi connectivity index (χ0) is 17.7. The number of pyridine rings is 1. The molecule has 24 heavy (non-hydrogen) atoms. The van der Waals surface area contributed by atoms with Crippen LogP contribution in [-0.4, -0.2) is 50.2 Å². The third kappa shape index (κ3) is 2.75. The molecule has 2 fully saturated rings. The maximum atomic E-state index is 14.2. The molecule has 1 atom stereocenters. The van der Waals surface area contributed by atoms with E-state index in [1.54, 1.807) is 0 Å². The zero-order valence-electron chi connectivity index (χ0n) is 12.9. The SMILES string of the molecule is CS(=O)(=O)C1CN(c2c(F)c(F)nc(F)c2F)C2(CCOCC2)C1. The maximum Gasteiger partial charge on any atom is 0.253 e. The highest BCUT2D eigenvalue weighted by Crippen LogP contribution is 2.44. The van der Waals surface area contributed by atoms with Crippen LogP contribution < -0.4 is 4.90 Å². The van der Waals surface area contributed by atoms with Crippen LogP contribution in [0, 0.1) is 23.5 Å². The Bertz CT molecular complexity index is 740. The third-order valence-electron chi connectivity index (χ3n) is 4.84. The lowest BCUT2D eigenvalue weighted by Gasteiger charge is -2.42. The van der Waals surface area contributed by atoms with Gasteiger partial charge in [-0.25, -0.2) is 8.42 Å². The molecule has 0 N–H and O–H groups in total. The number of sulfone groups is 1. The smallest absolute Gasteiger partial charge is 0.253 e. The first-order valence-electron chi connectivity index (χ1n) is 7.40. The van der Waals surface area contributed by atoms with Crippen LogP contribution in [0.25, 0.3) is 0 Å². The molecule has 2 aliphatic rings. The van der Waals surface area contributed by atoms with Gasteiger partial charge in [-0.15, -0.1) is 0 Å². The Kier molecular flexibility index (Phi) is 4.23. The first-order chi connectivity index (χ1) is 11.2. The molecule has 1 aromatic rings. The molecule has 0 radical (unpaired) electrons. The molecule has 3 heterocycles. The number of nitrogens with zero attached hydrogens (tertiary/aromatic N) is 2. The number of hydrogen-bond acceptors (Lipinski definition) is 5. The van der Waals surface area contributed by atoms with Gasteiger partial charge >= 0.3 is 0 Å². The summed E-state index contributed by atoms with van der Waals surface area (Å²) in [5, 5.41) is -0.881. The van der Waals surface area contributed by atoms with E-state index in [0.717, 1.165) is 11.2 Å². The van der Waals surface area contributed by atoms with Crippen LogP contribution in [-0.2, 0) is 14.6 Å². The van der Waals surface area contributed by atoms with Crippen molar-refractivity contribution in [2.24, 2.45) is 0 Å². The molecule has 10 heteroatoms. The van der Waals surface area contributed by atoms with Gasteiger partial charge in [0.25, 0.3) is 11.9 Å². The molecular formula is C14H16F4N2O3S. The minimum absolute atomic E-state index is 0.125. The highest BCUT2D eigenvalue weighted by atomic mass is 32.2. The summed E-state index contributed by atoms with van der Waals surface area (Å²) < 4.78 is 84.5. The van der Waals surface area contributed by atoms with E-state index in [9.17, 15) is 26.0 Å².